The van der Waals surface area contributed by atoms with Crippen LogP contribution in [0.2, 0.25) is 0 Å². The second-order valence-corrected chi connectivity index (χ2v) is 5.09. The molecule has 0 spiro atoms. The average molecular weight is 263 g/mol. The number of hydrogen-bond acceptors (Lipinski definition) is 4. The minimum absolute atomic E-state index is 0.182. The lowest BCUT2D eigenvalue weighted by molar-refractivity contribution is -0.385. The first-order chi connectivity index (χ1) is 9.16. The first-order valence-electron chi connectivity index (χ1n) is 6.88. The third-order valence-corrected chi connectivity index (χ3v) is 3.60. The van der Waals surface area contributed by atoms with E-state index in [1.807, 2.05) is 6.07 Å². The average Bonchev–Trinajstić information content (AvgIpc) is 2.39. The van der Waals surface area contributed by atoms with Gasteiger partial charge in [0.15, 0.2) is 0 Å². The lowest BCUT2D eigenvalue weighted by Crippen LogP contribution is -2.33. The number of rotatable bonds is 5. The molecule has 0 bridgehead atoms. The predicted molar refractivity (Wildman–Crippen MR) is 76.6 cm³/mol. The largest absolute Gasteiger partial charge is 0.384 e. The van der Waals surface area contributed by atoms with Gasteiger partial charge in [0.05, 0.1) is 4.92 Å². The van der Waals surface area contributed by atoms with Gasteiger partial charge >= 0.3 is 0 Å². The lowest BCUT2D eigenvalue weighted by atomic mass is 10.1. The third kappa shape index (κ3) is 3.92. The van der Waals surface area contributed by atoms with Gasteiger partial charge in [-0.15, -0.1) is 0 Å². The Morgan fingerprint density at radius 1 is 1.32 bits per heavy atom. The molecule has 0 amide bonds. The quantitative estimate of drug-likeness (QED) is 0.655. The molecule has 1 aromatic carbocycles. The van der Waals surface area contributed by atoms with Gasteiger partial charge in [0, 0.05) is 30.4 Å². The summed E-state index contributed by atoms with van der Waals surface area (Å²) in [7, 11) is 0. The number of piperidine rings is 1. The molecule has 0 saturated carbocycles. The fourth-order valence-electron chi connectivity index (χ4n) is 2.51. The summed E-state index contributed by atoms with van der Waals surface area (Å²) in [6, 6.07) is 5.19. The van der Waals surface area contributed by atoms with Gasteiger partial charge in [-0.2, -0.15) is 0 Å². The molecule has 0 atom stereocenters. The fraction of sp³-hybridized carbons (Fsp3) is 0.571. The van der Waals surface area contributed by atoms with Crippen LogP contribution in [0.25, 0.3) is 0 Å². The Labute approximate surface area is 113 Å². The zero-order chi connectivity index (χ0) is 13.7. The number of benzene rings is 1. The van der Waals surface area contributed by atoms with E-state index in [9.17, 15) is 10.1 Å². The van der Waals surface area contributed by atoms with Gasteiger partial charge in [-0.1, -0.05) is 6.42 Å². The van der Waals surface area contributed by atoms with Gasteiger partial charge in [0.1, 0.15) is 0 Å². The minimum atomic E-state index is -0.340. The van der Waals surface area contributed by atoms with Crippen molar-refractivity contribution in [2.75, 3.05) is 31.5 Å². The van der Waals surface area contributed by atoms with E-state index >= 15 is 0 Å². The molecule has 5 heteroatoms. The molecule has 1 N–H and O–H groups in total. The first-order valence-corrected chi connectivity index (χ1v) is 6.88. The molecule has 0 radical (unpaired) electrons. The molecule has 1 fully saturated rings. The number of nitrogens with zero attached hydrogens (tertiary/aromatic N) is 2. The summed E-state index contributed by atoms with van der Waals surface area (Å²) < 4.78 is 0. The Balaban J connectivity index is 1.82. The SMILES string of the molecule is Cc1cc(NCCN2CCCCC2)ccc1[N+](=O)[O-]. The Morgan fingerprint density at radius 2 is 2.05 bits per heavy atom. The molecule has 0 unspecified atom stereocenters. The second-order valence-electron chi connectivity index (χ2n) is 5.09. The van der Waals surface area contributed by atoms with Crippen molar-refractivity contribution in [1.29, 1.82) is 0 Å². The van der Waals surface area contributed by atoms with E-state index in [-0.39, 0.29) is 10.6 Å². The molecule has 0 aliphatic carbocycles. The molecule has 1 aliphatic rings. The van der Waals surface area contributed by atoms with E-state index in [0.717, 1.165) is 18.8 Å². The molecule has 1 aromatic rings. The van der Waals surface area contributed by atoms with Crippen molar-refractivity contribution < 1.29 is 4.92 Å². The van der Waals surface area contributed by atoms with Crippen molar-refractivity contribution in [3.05, 3.63) is 33.9 Å². The maximum atomic E-state index is 10.7. The molecule has 104 valence electrons. The molecule has 1 heterocycles. The molecule has 1 aliphatic heterocycles. The highest BCUT2D eigenvalue weighted by molar-refractivity contribution is 5.53. The first kappa shape index (κ1) is 13.8. The van der Waals surface area contributed by atoms with Crippen molar-refractivity contribution in [1.82, 2.24) is 4.90 Å². The second kappa shape index (κ2) is 6.52. The number of anilines is 1. The Kier molecular flexibility index (Phi) is 4.74. The third-order valence-electron chi connectivity index (χ3n) is 3.60. The number of likely N-dealkylation sites (tertiary alicyclic amines) is 1. The van der Waals surface area contributed by atoms with Gasteiger partial charge in [-0.3, -0.25) is 10.1 Å². The van der Waals surface area contributed by atoms with Gasteiger partial charge in [-0.25, -0.2) is 0 Å². The predicted octanol–water partition coefficient (Wildman–Crippen LogP) is 2.80. The van der Waals surface area contributed by atoms with E-state index in [2.05, 4.69) is 10.2 Å². The van der Waals surface area contributed by atoms with Crippen LogP contribution < -0.4 is 5.32 Å². The van der Waals surface area contributed by atoms with Crippen LogP contribution in [0.4, 0.5) is 11.4 Å². The molecule has 19 heavy (non-hydrogen) atoms. The summed E-state index contributed by atoms with van der Waals surface area (Å²) in [5.41, 5.74) is 1.84. The van der Waals surface area contributed by atoms with Crippen molar-refractivity contribution >= 4 is 11.4 Å². The van der Waals surface area contributed by atoms with Crippen LogP contribution in [0.3, 0.4) is 0 Å². The number of nitro benzene ring substituents is 1. The minimum Gasteiger partial charge on any atom is -0.384 e. The van der Waals surface area contributed by atoms with E-state index in [4.69, 9.17) is 0 Å². The molecule has 2 rings (SSSR count). The van der Waals surface area contributed by atoms with Crippen LogP contribution in [0, 0.1) is 17.0 Å². The summed E-state index contributed by atoms with van der Waals surface area (Å²) in [6.45, 7) is 6.09. The molecule has 0 aromatic heterocycles. The highest BCUT2D eigenvalue weighted by Crippen LogP contribution is 2.21. The smallest absolute Gasteiger partial charge is 0.272 e. The van der Waals surface area contributed by atoms with Crippen LogP contribution in [-0.2, 0) is 0 Å². The lowest BCUT2D eigenvalue weighted by Gasteiger charge is -2.26. The monoisotopic (exact) mass is 263 g/mol. The fourth-order valence-corrected chi connectivity index (χ4v) is 2.51. The van der Waals surface area contributed by atoms with E-state index in [0.29, 0.717) is 5.56 Å². The number of hydrogen-bond donors (Lipinski definition) is 1. The molecular formula is C14H21N3O2. The van der Waals surface area contributed by atoms with E-state index in [1.165, 1.54) is 32.4 Å². The standard InChI is InChI=1S/C14H21N3O2/c1-12-11-13(5-6-14(12)17(18)19)15-7-10-16-8-3-2-4-9-16/h5-6,11,15H,2-4,7-10H2,1H3. The van der Waals surface area contributed by atoms with Gasteiger partial charge < -0.3 is 10.2 Å². The van der Waals surface area contributed by atoms with Gasteiger partial charge in [-0.05, 0) is 45.0 Å². The van der Waals surface area contributed by atoms with Crippen LogP contribution in [0.15, 0.2) is 18.2 Å². The molecule has 1 saturated heterocycles. The number of aryl methyl sites for hydroxylation is 1. The van der Waals surface area contributed by atoms with Gasteiger partial charge in [0.2, 0.25) is 0 Å². The van der Waals surface area contributed by atoms with Crippen molar-refractivity contribution in [2.45, 2.75) is 26.2 Å². The van der Waals surface area contributed by atoms with Crippen LogP contribution in [-0.4, -0.2) is 36.0 Å². The van der Waals surface area contributed by atoms with E-state index < -0.39 is 0 Å². The summed E-state index contributed by atoms with van der Waals surface area (Å²) in [4.78, 5) is 12.9. The number of nitro groups is 1. The maximum Gasteiger partial charge on any atom is 0.272 e. The summed E-state index contributed by atoms with van der Waals surface area (Å²) in [5, 5.41) is 14.1. The van der Waals surface area contributed by atoms with Gasteiger partial charge in [0.25, 0.3) is 5.69 Å². The van der Waals surface area contributed by atoms with Crippen LogP contribution in [0.1, 0.15) is 24.8 Å². The summed E-state index contributed by atoms with van der Waals surface area (Å²) in [6.07, 6.45) is 3.96. The topological polar surface area (TPSA) is 58.4 Å². The summed E-state index contributed by atoms with van der Waals surface area (Å²) >= 11 is 0. The molecular weight excluding hydrogens is 242 g/mol. The maximum absolute atomic E-state index is 10.7. The highest BCUT2D eigenvalue weighted by Gasteiger charge is 2.11. The summed E-state index contributed by atoms with van der Waals surface area (Å²) in [5.74, 6) is 0. The normalized spacial score (nSPS) is 16.3. The van der Waals surface area contributed by atoms with Crippen molar-refractivity contribution in [2.24, 2.45) is 0 Å². The van der Waals surface area contributed by atoms with Crippen molar-refractivity contribution in [3.63, 3.8) is 0 Å². The zero-order valence-electron chi connectivity index (χ0n) is 11.4. The van der Waals surface area contributed by atoms with E-state index in [1.54, 1.807) is 19.1 Å². The molecule has 5 nitrogen and oxygen atoms in total. The number of nitrogens with one attached hydrogen (secondary N) is 1. The van der Waals surface area contributed by atoms with Crippen LogP contribution in [0.5, 0.6) is 0 Å². The Morgan fingerprint density at radius 3 is 2.68 bits per heavy atom. The zero-order valence-corrected chi connectivity index (χ0v) is 11.4. The highest BCUT2D eigenvalue weighted by atomic mass is 16.6. The van der Waals surface area contributed by atoms with Crippen molar-refractivity contribution in [3.8, 4) is 0 Å². The van der Waals surface area contributed by atoms with Crippen LogP contribution >= 0.6 is 0 Å². The Bertz CT molecular complexity index is 442. The Hall–Kier alpha value is -1.62.